The quantitative estimate of drug-likeness (QED) is 0.202. The lowest BCUT2D eigenvalue weighted by Gasteiger charge is -2.16. The van der Waals surface area contributed by atoms with E-state index in [0.29, 0.717) is 24.3 Å². The van der Waals surface area contributed by atoms with Crippen molar-refractivity contribution in [1.29, 1.82) is 42.1 Å². The number of nitrogens with zero attached hydrogens (tertiary/aromatic N) is 8. The average molecular weight is 652 g/mol. The van der Waals surface area contributed by atoms with Gasteiger partial charge in [0, 0.05) is 44.5 Å². The largest absolute Gasteiger partial charge is 0.419 e. The van der Waals surface area contributed by atoms with Crippen LogP contribution in [0.15, 0.2) is 47.5 Å². The van der Waals surface area contributed by atoms with Gasteiger partial charge >= 0.3 is 6.18 Å². The van der Waals surface area contributed by atoms with Crippen LogP contribution in [-0.4, -0.2) is 0 Å². The molecular formula is C35H6F6N8. The maximum Gasteiger partial charge on any atom is 0.419 e. The summed E-state index contributed by atoms with van der Waals surface area (Å²) in [4.78, 5) is 0. The van der Waals surface area contributed by atoms with Crippen molar-refractivity contribution in [3.05, 3.63) is 115 Å². The Morgan fingerprint density at radius 1 is 0.490 bits per heavy atom. The number of benzene rings is 3. The summed E-state index contributed by atoms with van der Waals surface area (Å²) in [5, 5.41) is 81.6. The summed E-state index contributed by atoms with van der Waals surface area (Å²) >= 11 is 0. The van der Waals surface area contributed by atoms with Gasteiger partial charge in [0.1, 0.15) is 65.5 Å². The number of hydrogen-bond acceptors (Lipinski definition) is 8. The maximum atomic E-state index is 14.5. The number of rotatable bonds is 2. The van der Waals surface area contributed by atoms with Crippen LogP contribution in [0.25, 0.3) is 33.4 Å². The molecule has 228 valence electrons. The molecule has 8 nitrogen and oxygen atoms in total. The van der Waals surface area contributed by atoms with Gasteiger partial charge in [-0.3, -0.25) is 0 Å². The van der Waals surface area contributed by atoms with Crippen LogP contribution in [0.4, 0.5) is 26.3 Å². The summed E-state index contributed by atoms with van der Waals surface area (Å²) in [5.41, 5.74) is -10.6. The first-order valence-corrected chi connectivity index (χ1v) is 13.1. The van der Waals surface area contributed by atoms with Crippen molar-refractivity contribution in [3.63, 3.8) is 0 Å². The molecule has 3 aromatic carbocycles. The van der Waals surface area contributed by atoms with Crippen molar-refractivity contribution < 1.29 is 26.3 Å². The van der Waals surface area contributed by atoms with E-state index in [1.165, 1.54) is 0 Å². The minimum atomic E-state index is -5.25. The van der Waals surface area contributed by atoms with Gasteiger partial charge in [-0.2, -0.15) is 55.3 Å². The molecule has 0 N–H and O–H groups in total. The molecule has 0 bridgehead atoms. The van der Waals surface area contributed by atoms with Gasteiger partial charge in [-0.25, -0.2) is 13.2 Å². The van der Waals surface area contributed by atoms with Gasteiger partial charge in [0.15, 0.2) is 11.6 Å². The molecule has 0 amide bonds. The molecule has 0 aliphatic heterocycles. The van der Waals surface area contributed by atoms with E-state index in [2.05, 4.69) is 0 Å². The first-order valence-electron chi connectivity index (χ1n) is 13.1. The fourth-order valence-electron chi connectivity index (χ4n) is 5.85. The van der Waals surface area contributed by atoms with E-state index in [-0.39, 0.29) is 11.1 Å². The molecule has 0 spiro atoms. The second-order valence-electron chi connectivity index (χ2n) is 9.97. The van der Waals surface area contributed by atoms with E-state index in [1.54, 1.807) is 48.6 Å². The van der Waals surface area contributed by atoms with Gasteiger partial charge < -0.3 is 0 Å². The van der Waals surface area contributed by atoms with E-state index in [4.69, 9.17) is 0 Å². The summed E-state index contributed by atoms with van der Waals surface area (Å²) in [6.45, 7) is 0. The van der Waals surface area contributed by atoms with Gasteiger partial charge in [0.05, 0.1) is 27.8 Å². The predicted molar refractivity (Wildman–Crippen MR) is 155 cm³/mol. The van der Waals surface area contributed by atoms with Crippen molar-refractivity contribution in [2.24, 2.45) is 0 Å². The second kappa shape index (κ2) is 11.8. The summed E-state index contributed by atoms with van der Waals surface area (Å²) in [5.74, 6) is -4.41. The summed E-state index contributed by atoms with van der Waals surface area (Å²) in [6, 6.07) is 17.2. The molecule has 5 rings (SSSR count). The highest BCUT2D eigenvalue weighted by Gasteiger charge is 2.44. The summed E-state index contributed by atoms with van der Waals surface area (Å²) in [7, 11) is 0. The average Bonchev–Trinajstić information content (AvgIpc) is 3.59. The highest BCUT2D eigenvalue weighted by molar-refractivity contribution is 6.32. The Balaban J connectivity index is 2.11. The zero-order chi connectivity index (χ0) is 35.9. The molecule has 0 saturated heterocycles. The smallest absolute Gasteiger partial charge is 0.206 e. The molecule has 3 aromatic rings. The first-order chi connectivity index (χ1) is 23.4. The van der Waals surface area contributed by atoms with Crippen molar-refractivity contribution in [2.45, 2.75) is 6.18 Å². The fraction of sp³-hybridized carbons (Fsp3) is 0.0286. The number of fused-ring (bicyclic) bond motifs is 2. The number of nitriles is 8. The van der Waals surface area contributed by atoms with Crippen LogP contribution >= 0.6 is 0 Å². The minimum absolute atomic E-state index is 0.272. The standard InChI is InChI=1S/C35H6F6N8/c36-24-3-1-15(5-23(24)35(39,40)41)27-19(11-46)31-21(13-48)32-20(12-47)28(16-2-4-25(37)26(38)6-16)30(18(9-44)10-45)34(32)22(14-49)33(31)29(27)17(7-42)8-43/h1-6H. The molecular weight excluding hydrogens is 646 g/mol. The van der Waals surface area contributed by atoms with Gasteiger partial charge in [-0.1, -0.05) is 12.1 Å². The molecule has 0 aromatic heterocycles. The molecule has 2 aliphatic rings. The number of allylic oxidation sites excluding steroid dienone is 8. The number of alkyl halides is 3. The SMILES string of the molecule is N#CC(C#N)=C1C(c2ccc(F)c(F)c2)=C(C#N)c2c(C#N)c3c(c(C#N)c21)C(=C(C#N)C#N)C(c1ccc(F)c(C(F)(F)F)c1)=C3C#N. The zero-order valence-corrected chi connectivity index (χ0v) is 23.8. The highest BCUT2D eigenvalue weighted by atomic mass is 19.4. The van der Waals surface area contributed by atoms with E-state index in [0.717, 1.165) is 12.1 Å². The van der Waals surface area contributed by atoms with Gasteiger partial charge in [-0.05, 0) is 35.4 Å². The Morgan fingerprint density at radius 2 is 0.898 bits per heavy atom. The third-order valence-corrected chi connectivity index (χ3v) is 7.66. The lowest BCUT2D eigenvalue weighted by molar-refractivity contribution is -0.140. The Kier molecular flexibility index (Phi) is 7.83. The molecule has 0 unspecified atom stereocenters. The van der Waals surface area contributed by atoms with Crippen LogP contribution in [-0.2, 0) is 6.18 Å². The second-order valence-corrected chi connectivity index (χ2v) is 9.97. The molecule has 0 saturated carbocycles. The molecule has 0 radical (unpaired) electrons. The predicted octanol–water partition coefficient (Wildman–Crippen LogP) is 7.36. The van der Waals surface area contributed by atoms with Crippen LogP contribution < -0.4 is 0 Å². The van der Waals surface area contributed by atoms with Crippen LogP contribution in [0.1, 0.15) is 50.1 Å². The maximum absolute atomic E-state index is 14.5. The molecule has 0 heterocycles. The van der Waals surface area contributed by atoms with E-state index < -0.39 is 107 Å². The monoisotopic (exact) mass is 652 g/mol. The lowest BCUT2D eigenvalue weighted by Crippen LogP contribution is -2.09. The highest BCUT2D eigenvalue weighted by Crippen LogP contribution is 2.58. The molecule has 14 heteroatoms. The molecule has 49 heavy (non-hydrogen) atoms. The van der Waals surface area contributed by atoms with Crippen LogP contribution in [0, 0.1) is 108 Å². The van der Waals surface area contributed by atoms with Crippen LogP contribution in [0.2, 0.25) is 0 Å². The minimum Gasteiger partial charge on any atom is -0.206 e. The Morgan fingerprint density at radius 3 is 1.27 bits per heavy atom. The zero-order valence-electron chi connectivity index (χ0n) is 23.8. The van der Waals surface area contributed by atoms with Gasteiger partial charge in [0.25, 0.3) is 0 Å². The summed E-state index contributed by atoms with van der Waals surface area (Å²) < 4.78 is 84.1. The third-order valence-electron chi connectivity index (χ3n) is 7.66. The van der Waals surface area contributed by atoms with Crippen LogP contribution in [0.5, 0.6) is 0 Å². The lowest BCUT2D eigenvalue weighted by atomic mass is 9.82. The molecule has 0 fully saturated rings. The van der Waals surface area contributed by atoms with E-state index in [1.807, 2.05) is 0 Å². The van der Waals surface area contributed by atoms with Crippen molar-refractivity contribution in [1.82, 2.24) is 0 Å². The summed E-state index contributed by atoms with van der Waals surface area (Å²) in [6.07, 6.45) is -5.25. The Labute approximate surface area is 271 Å². The van der Waals surface area contributed by atoms with Crippen molar-refractivity contribution in [2.75, 3.05) is 0 Å². The number of hydrogen-bond donors (Lipinski definition) is 0. The number of halogens is 6. The fourth-order valence-corrected chi connectivity index (χ4v) is 5.85. The topological polar surface area (TPSA) is 190 Å². The van der Waals surface area contributed by atoms with Gasteiger partial charge in [-0.15, -0.1) is 0 Å². The Hall–Kier alpha value is -7.88. The van der Waals surface area contributed by atoms with Crippen molar-refractivity contribution in [3.8, 4) is 48.6 Å². The van der Waals surface area contributed by atoms with E-state index in [9.17, 15) is 68.4 Å². The molecule has 0 atom stereocenters. The van der Waals surface area contributed by atoms with Crippen molar-refractivity contribution >= 4 is 33.4 Å². The molecule has 2 aliphatic carbocycles. The van der Waals surface area contributed by atoms with Gasteiger partial charge in [0.2, 0.25) is 0 Å². The normalized spacial score (nSPS) is 12.7. The Bertz CT molecular complexity index is 2570. The third kappa shape index (κ3) is 4.64. The van der Waals surface area contributed by atoms with Crippen LogP contribution in [0.3, 0.4) is 0 Å². The van der Waals surface area contributed by atoms with E-state index >= 15 is 0 Å². The first kappa shape index (κ1) is 32.5.